The first-order chi connectivity index (χ1) is 6.74. The third-order valence-electron chi connectivity index (χ3n) is 1.63. The number of carbonyl (C=O) groups is 1. The van der Waals surface area contributed by atoms with Gasteiger partial charge in [-0.15, -0.1) is 12.4 Å². The van der Waals surface area contributed by atoms with E-state index in [0.29, 0.717) is 12.1 Å². The van der Waals surface area contributed by atoms with E-state index in [1.54, 1.807) is 24.5 Å². The molecular weight excluding hydrogens is 218 g/mol. The molecule has 0 fully saturated rings. The lowest BCUT2D eigenvalue weighted by Gasteiger charge is -2.02. The minimum absolute atomic E-state index is 0. The molecule has 2 N–H and O–H groups in total. The molecule has 0 saturated heterocycles. The molecule has 0 radical (unpaired) electrons. The van der Waals surface area contributed by atoms with Gasteiger partial charge in [0.05, 0.1) is 5.71 Å². The predicted octanol–water partition coefficient (Wildman–Crippen LogP) is 1.89. The number of amides is 1. The van der Waals surface area contributed by atoms with E-state index in [-0.39, 0.29) is 12.4 Å². The number of halogens is 1. The maximum Gasteiger partial charge on any atom is 0.425 e. The van der Waals surface area contributed by atoms with Gasteiger partial charge in [-0.2, -0.15) is 5.10 Å². The highest BCUT2D eigenvalue weighted by Crippen LogP contribution is 2.01. The number of rotatable bonds is 3. The molecule has 6 heteroatoms. The van der Waals surface area contributed by atoms with Gasteiger partial charge in [-0.05, 0) is 18.6 Å². The lowest BCUT2D eigenvalue weighted by Crippen LogP contribution is -2.17. The number of pyridine rings is 1. The Hall–Kier alpha value is -1.62. The van der Waals surface area contributed by atoms with Gasteiger partial charge in [-0.1, -0.05) is 6.92 Å². The number of hydrogen-bond acceptors (Lipinski definition) is 3. The molecule has 1 aromatic rings. The van der Waals surface area contributed by atoms with E-state index in [2.05, 4.69) is 10.1 Å². The van der Waals surface area contributed by atoms with Crippen molar-refractivity contribution in [3.63, 3.8) is 0 Å². The molecule has 0 aromatic carbocycles. The number of carboxylic acid groups (broad SMARTS) is 1. The van der Waals surface area contributed by atoms with Crippen LogP contribution in [0.5, 0.6) is 0 Å². The molecule has 1 aromatic heterocycles. The quantitative estimate of drug-likeness (QED) is 0.614. The lowest BCUT2D eigenvalue weighted by atomic mass is 10.1. The summed E-state index contributed by atoms with van der Waals surface area (Å²) < 4.78 is 0. The molecule has 0 aliphatic carbocycles. The number of aromatic nitrogens is 1. The van der Waals surface area contributed by atoms with Crippen molar-refractivity contribution in [2.45, 2.75) is 13.3 Å². The van der Waals surface area contributed by atoms with Crippen molar-refractivity contribution in [2.24, 2.45) is 5.10 Å². The van der Waals surface area contributed by atoms with Crippen molar-refractivity contribution in [1.82, 2.24) is 10.4 Å². The summed E-state index contributed by atoms with van der Waals surface area (Å²) in [5.41, 5.74) is 3.54. The van der Waals surface area contributed by atoms with E-state index in [0.717, 1.165) is 5.56 Å². The summed E-state index contributed by atoms with van der Waals surface area (Å²) in [6.45, 7) is 1.91. The van der Waals surface area contributed by atoms with Gasteiger partial charge < -0.3 is 5.11 Å². The van der Waals surface area contributed by atoms with Gasteiger partial charge in [0.25, 0.3) is 0 Å². The van der Waals surface area contributed by atoms with Crippen LogP contribution in [0.3, 0.4) is 0 Å². The Labute approximate surface area is 93.6 Å². The average Bonchev–Trinajstić information content (AvgIpc) is 2.20. The van der Waals surface area contributed by atoms with Crippen molar-refractivity contribution in [3.05, 3.63) is 30.1 Å². The zero-order valence-electron chi connectivity index (χ0n) is 8.17. The summed E-state index contributed by atoms with van der Waals surface area (Å²) >= 11 is 0. The summed E-state index contributed by atoms with van der Waals surface area (Å²) in [6, 6.07) is 3.57. The average molecular weight is 230 g/mol. The van der Waals surface area contributed by atoms with Crippen molar-refractivity contribution < 1.29 is 9.90 Å². The van der Waals surface area contributed by atoms with Crippen molar-refractivity contribution in [1.29, 1.82) is 0 Å². The van der Waals surface area contributed by atoms with Crippen LogP contribution in [-0.2, 0) is 0 Å². The maximum atomic E-state index is 10.2. The van der Waals surface area contributed by atoms with Crippen LogP contribution in [0.2, 0.25) is 0 Å². The number of nitrogens with zero attached hydrogens (tertiary/aromatic N) is 2. The maximum absolute atomic E-state index is 10.2. The Morgan fingerprint density at radius 3 is 2.60 bits per heavy atom. The molecule has 15 heavy (non-hydrogen) atoms. The van der Waals surface area contributed by atoms with E-state index in [9.17, 15) is 4.79 Å². The van der Waals surface area contributed by atoms with Crippen LogP contribution < -0.4 is 5.43 Å². The summed E-state index contributed by atoms with van der Waals surface area (Å²) in [5, 5.41) is 12.1. The van der Waals surface area contributed by atoms with Crippen LogP contribution in [0, 0.1) is 0 Å². The molecule has 0 spiro atoms. The Morgan fingerprint density at radius 1 is 1.53 bits per heavy atom. The van der Waals surface area contributed by atoms with Crippen LogP contribution in [0.1, 0.15) is 18.9 Å². The first-order valence-corrected chi connectivity index (χ1v) is 4.20. The van der Waals surface area contributed by atoms with Crippen LogP contribution in [0.4, 0.5) is 4.79 Å². The zero-order valence-corrected chi connectivity index (χ0v) is 8.99. The third-order valence-corrected chi connectivity index (χ3v) is 1.63. The summed E-state index contributed by atoms with van der Waals surface area (Å²) in [5.74, 6) is 0. The second kappa shape index (κ2) is 6.78. The highest BCUT2D eigenvalue weighted by atomic mass is 35.5. The van der Waals surface area contributed by atoms with Crippen LogP contribution >= 0.6 is 12.4 Å². The Kier molecular flexibility index (Phi) is 6.05. The van der Waals surface area contributed by atoms with Gasteiger partial charge in [0.15, 0.2) is 0 Å². The smallest absolute Gasteiger partial charge is 0.425 e. The van der Waals surface area contributed by atoms with Gasteiger partial charge in [-0.3, -0.25) is 4.98 Å². The Morgan fingerprint density at radius 2 is 2.13 bits per heavy atom. The third kappa shape index (κ3) is 4.42. The predicted molar refractivity (Wildman–Crippen MR) is 59.5 cm³/mol. The molecule has 0 aliphatic rings. The van der Waals surface area contributed by atoms with E-state index >= 15 is 0 Å². The number of hydrazone groups is 1. The van der Waals surface area contributed by atoms with Gasteiger partial charge in [-0.25, -0.2) is 10.2 Å². The highest BCUT2D eigenvalue weighted by molar-refractivity contribution is 6.00. The SMILES string of the molecule is CC/C(=N/NC(=O)O)c1ccncc1.Cl. The summed E-state index contributed by atoms with van der Waals surface area (Å²) in [4.78, 5) is 14.1. The van der Waals surface area contributed by atoms with Crippen LogP contribution in [-0.4, -0.2) is 21.9 Å². The molecule has 0 bridgehead atoms. The molecule has 82 valence electrons. The minimum Gasteiger partial charge on any atom is -0.464 e. The first kappa shape index (κ1) is 13.4. The second-order valence-electron chi connectivity index (χ2n) is 2.56. The molecule has 1 amide bonds. The van der Waals surface area contributed by atoms with Crippen LogP contribution in [0.25, 0.3) is 0 Å². The Balaban J connectivity index is 0.00000196. The van der Waals surface area contributed by atoms with Crippen molar-refractivity contribution in [3.8, 4) is 0 Å². The minimum atomic E-state index is -1.16. The molecule has 0 saturated carbocycles. The highest BCUT2D eigenvalue weighted by Gasteiger charge is 2.00. The topological polar surface area (TPSA) is 74.6 Å². The van der Waals surface area contributed by atoms with Gasteiger partial charge >= 0.3 is 6.09 Å². The monoisotopic (exact) mass is 229 g/mol. The largest absolute Gasteiger partial charge is 0.464 e. The fourth-order valence-electron chi connectivity index (χ4n) is 1.01. The van der Waals surface area contributed by atoms with Gasteiger partial charge in [0.1, 0.15) is 0 Å². The molecular formula is C9H12ClN3O2. The number of nitrogens with one attached hydrogen (secondary N) is 1. The summed E-state index contributed by atoms with van der Waals surface area (Å²) in [6.07, 6.45) is 2.78. The fourth-order valence-corrected chi connectivity index (χ4v) is 1.01. The van der Waals surface area contributed by atoms with E-state index in [1.807, 2.05) is 12.3 Å². The van der Waals surface area contributed by atoms with Crippen molar-refractivity contribution >= 4 is 24.2 Å². The zero-order chi connectivity index (χ0) is 10.4. The normalized spacial score (nSPS) is 10.3. The Bertz CT molecular complexity index is 340. The van der Waals surface area contributed by atoms with E-state index in [1.165, 1.54) is 0 Å². The van der Waals surface area contributed by atoms with E-state index < -0.39 is 6.09 Å². The lowest BCUT2D eigenvalue weighted by molar-refractivity contribution is 0.195. The summed E-state index contributed by atoms with van der Waals surface area (Å²) in [7, 11) is 0. The fraction of sp³-hybridized carbons (Fsp3) is 0.222. The molecule has 0 atom stereocenters. The molecule has 1 heterocycles. The molecule has 0 aliphatic heterocycles. The molecule has 5 nitrogen and oxygen atoms in total. The molecule has 1 rings (SSSR count). The van der Waals surface area contributed by atoms with Gasteiger partial charge in [0.2, 0.25) is 0 Å². The van der Waals surface area contributed by atoms with E-state index in [4.69, 9.17) is 5.11 Å². The first-order valence-electron chi connectivity index (χ1n) is 4.20. The van der Waals surface area contributed by atoms with Crippen molar-refractivity contribution in [2.75, 3.05) is 0 Å². The standard InChI is InChI=1S/C9H11N3O2.ClH/c1-2-8(11-12-9(13)14)7-3-5-10-6-4-7;/h3-6,12H,2H2,1H3,(H,13,14);1H/b11-8-;. The van der Waals surface area contributed by atoms with Crippen LogP contribution in [0.15, 0.2) is 29.6 Å². The molecule has 0 unspecified atom stereocenters. The second-order valence-corrected chi connectivity index (χ2v) is 2.56. The number of hydrogen-bond donors (Lipinski definition) is 2. The van der Waals surface area contributed by atoms with Gasteiger partial charge in [0, 0.05) is 18.0 Å².